The number of fused-ring (bicyclic) bond motifs is 1. The first kappa shape index (κ1) is 15.1. The molecule has 3 aromatic rings. The summed E-state index contributed by atoms with van der Waals surface area (Å²) in [6.07, 6.45) is 8.51. The molecule has 1 unspecified atom stereocenters. The van der Waals surface area contributed by atoms with Crippen LogP contribution in [0.1, 0.15) is 40.6 Å². The SMILES string of the molecule is Cn1cc(-c2nc(C(=O)NC3CCCc4c3cnn4C)cs2)cn1. The van der Waals surface area contributed by atoms with E-state index >= 15 is 0 Å². The van der Waals surface area contributed by atoms with Crippen LogP contribution in [0, 0.1) is 0 Å². The molecule has 0 saturated carbocycles. The van der Waals surface area contributed by atoms with Crippen molar-refractivity contribution in [2.75, 3.05) is 0 Å². The van der Waals surface area contributed by atoms with Crippen molar-refractivity contribution in [2.24, 2.45) is 14.1 Å². The number of hydrogen-bond donors (Lipinski definition) is 1. The molecule has 7 nitrogen and oxygen atoms in total. The van der Waals surface area contributed by atoms with Gasteiger partial charge in [-0.3, -0.25) is 14.2 Å². The summed E-state index contributed by atoms with van der Waals surface area (Å²) in [6, 6.07) is 0.0125. The molecule has 4 rings (SSSR count). The third-order valence-electron chi connectivity index (χ3n) is 4.37. The number of aromatic nitrogens is 5. The summed E-state index contributed by atoms with van der Waals surface area (Å²) in [4.78, 5) is 17.0. The number of aryl methyl sites for hydroxylation is 2. The van der Waals surface area contributed by atoms with Crippen LogP contribution in [0.2, 0.25) is 0 Å². The number of carbonyl (C=O) groups is 1. The van der Waals surface area contributed by atoms with Gasteiger partial charge in [0.15, 0.2) is 0 Å². The van der Waals surface area contributed by atoms with Crippen molar-refractivity contribution in [3.63, 3.8) is 0 Å². The van der Waals surface area contributed by atoms with Gasteiger partial charge in [0.2, 0.25) is 0 Å². The van der Waals surface area contributed by atoms with Crippen LogP contribution in [0.4, 0.5) is 0 Å². The van der Waals surface area contributed by atoms with Crippen LogP contribution < -0.4 is 5.32 Å². The molecule has 0 radical (unpaired) electrons. The molecule has 0 saturated heterocycles. The summed E-state index contributed by atoms with van der Waals surface area (Å²) in [5, 5.41) is 14.2. The highest BCUT2D eigenvalue weighted by Gasteiger charge is 2.25. The predicted molar refractivity (Wildman–Crippen MR) is 90.7 cm³/mol. The van der Waals surface area contributed by atoms with Gasteiger partial charge >= 0.3 is 0 Å². The third kappa shape index (κ3) is 2.62. The average Bonchev–Trinajstić information content (AvgIpc) is 3.28. The molecule has 1 aliphatic rings. The summed E-state index contributed by atoms with van der Waals surface area (Å²) in [7, 11) is 3.81. The van der Waals surface area contributed by atoms with Crippen molar-refractivity contribution in [1.82, 2.24) is 29.9 Å². The molecule has 24 heavy (non-hydrogen) atoms. The molecule has 1 amide bonds. The highest BCUT2D eigenvalue weighted by molar-refractivity contribution is 7.13. The molecule has 1 aliphatic carbocycles. The molecule has 8 heteroatoms. The van der Waals surface area contributed by atoms with Gasteiger partial charge < -0.3 is 5.32 Å². The average molecular weight is 342 g/mol. The van der Waals surface area contributed by atoms with E-state index in [1.165, 1.54) is 17.0 Å². The monoisotopic (exact) mass is 342 g/mol. The Morgan fingerprint density at radius 3 is 3.00 bits per heavy atom. The van der Waals surface area contributed by atoms with Gasteiger partial charge in [0, 0.05) is 42.5 Å². The Morgan fingerprint density at radius 1 is 1.33 bits per heavy atom. The predicted octanol–water partition coefficient (Wildman–Crippen LogP) is 2.08. The zero-order valence-corrected chi connectivity index (χ0v) is 14.4. The number of nitrogens with zero attached hydrogens (tertiary/aromatic N) is 5. The quantitative estimate of drug-likeness (QED) is 0.790. The minimum Gasteiger partial charge on any atom is -0.344 e. The number of rotatable bonds is 3. The maximum Gasteiger partial charge on any atom is 0.271 e. The minimum atomic E-state index is -0.136. The van der Waals surface area contributed by atoms with Crippen LogP contribution in [-0.2, 0) is 20.5 Å². The van der Waals surface area contributed by atoms with Crippen LogP contribution in [0.15, 0.2) is 24.0 Å². The number of hydrogen-bond acceptors (Lipinski definition) is 5. The van der Waals surface area contributed by atoms with Crippen LogP contribution in [0.5, 0.6) is 0 Å². The van der Waals surface area contributed by atoms with E-state index in [2.05, 4.69) is 20.5 Å². The highest BCUT2D eigenvalue weighted by atomic mass is 32.1. The van der Waals surface area contributed by atoms with Crippen LogP contribution in [0.3, 0.4) is 0 Å². The van der Waals surface area contributed by atoms with Gasteiger partial charge in [-0.25, -0.2) is 4.98 Å². The van der Waals surface area contributed by atoms with Crippen molar-refractivity contribution >= 4 is 17.2 Å². The van der Waals surface area contributed by atoms with Crippen LogP contribution in [0.25, 0.3) is 10.6 Å². The summed E-state index contributed by atoms with van der Waals surface area (Å²) < 4.78 is 3.62. The fourth-order valence-electron chi connectivity index (χ4n) is 3.13. The van der Waals surface area contributed by atoms with E-state index in [1.54, 1.807) is 16.3 Å². The number of thiazole rings is 1. The van der Waals surface area contributed by atoms with E-state index < -0.39 is 0 Å². The zero-order chi connectivity index (χ0) is 16.7. The molecule has 1 atom stereocenters. The van der Waals surface area contributed by atoms with Gasteiger partial charge in [-0.2, -0.15) is 10.2 Å². The second-order valence-corrected chi connectivity index (χ2v) is 6.89. The van der Waals surface area contributed by atoms with E-state index in [4.69, 9.17) is 0 Å². The van der Waals surface area contributed by atoms with Crippen molar-refractivity contribution in [3.8, 4) is 10.6 Å². The van der Waals surface area contributed by atoms with E-state index in [9.17, 15) is 4.79 Å². The lowest BCUT2D eigenvalue weighted by atomic mass is 9.93. The lowest BCUT2D eigenvalue weighted by molar-refractivity contribution is 0.0928. The van der Waals surface area contributed by atoms with Gasteiger partial charge in [0.25, 0.3) is 5.91 Å². The van der Waals surface area contributed by atoms with Crippen LogP contribution >= 0.6 is 11.3 Å². The first-order valence-electron chi connectivity index (χ1n) is 7.88. The molecule has 0 aliphatic heterocycles. The topological polar surface area (TPSA) is 77.6 Å². The van der Waals surface area contributed by atoms with Gasteiger partial charge in [-0.05, 0) is 19.3 Å². The normalized spacial score (nSPS) is 16.8. The second-order valence-electron chi connectivity index (χ2n) is 6.03. The van der Waals surface area contributed by atoms with E-state index in [0.717, 1.165) is 35.4 Å². The number of amides is 1. The maximum atomic E-state index is 12.6. The van der Waals surface area contributed by atoms with E-state index in [0.29, 0.717) is 5.69 Å². The van der Waals surface area contributed by atoms with Gasteiger partial charge in [0.05, 0.1) is 18.4 Å². The Bertz CT molecular complexity index is 892. The Labute approximate surface area is 143 Å². The van der Waals surface area contributed by atoms with Crippen molar-refractivity contribution in [3.05, 3.63) is 40.9 Å². The lowest BCUT2D eigenvalue weighted by Gasteiger charge is -2.23. The molecule has 124 valence electrons. The van der Waals surface area contributed by atoms with Crippen molar-refractivity contribution in [1.29, 1.82) is 0 Å². The molecule has 0 bridgehead atoms. The second kappa shape index (κ2) is 5.86. The third-order valence-corrected chi connectivity index (χ3v) is 5.26. The summed E-state index contributed by atoms with van der Waals surface area (Å²) in [5.74, 6) is -0.136. The molecule has 0 aromatic carbocycles. The van der Waals surface area contributed by atoms with Gasteiger partial charge in [-0.1, -0.05) is 0 Å². The molecule has 0 spiro atoms. The summed E-state index contributed by atoms with van der Waals surface area (Å²) in [5.41, 5.74) is 3.71. The largest absolute Gasteiger partial charge is 0.344 e. The first-order chi connectivity index (χ1) is 11.6. The fourth-order valence-corrected chi connectivity index (χ4v) is 3.91. The highest BCUT2D eigenvalue weighted by Crippen LogP contribution is 2.30. The Kier molecular flexibility index (Phi) is 3.68. The fraction of sp³-hybridized carbons (Fsp3) is 0.375. The number of nitrogens with one attached hydrogen (secondary N) is 1. The van der Waals surface area contributed by atoms with Crippen molar-refractivity contribution in [2.45, 2.75) is 25.3 Å². The zero-order valence-electron chi connectivity index (χ0n) is 13.6. The first-order valence-corrected chi connectivity index (χ1v) is 8.76. The van der Waals surface area contributed by atoms with Gasteiger partial charge in [-0.15, -0.1) is 11.3 Å². The number of carbonyl (C=O) groups excluding carboxylic acids is 1. The van der Waals surface area contributed by atoms with E-state index in [-0.39, 0.29) is 11.9 Å². The molecule has 3 aromatic heterocycles. The molecule has 1 N–H and O–H groups in total. The lowest BCUT2D eigenvalue weighted by Crippen LogP contribution is -2.31. The maximum absolute atomic E-state index is 12.6. The Morgan fingerprint density at radius 2 is 2.21 bits per heavy atom. The van der Waals surface area contributed by atoms with Crippen LogP contribution in [-0.4, -0.2) is 30.5 Å². The van der Waals surface area contributed by atoms with Crippen molar-refractivity contribution < 1.29 is 4.79 Å². The molecular weight excluding hydrogens is 324 g/mol. The Balaban J connectivity index is 1.52. The molecule has 3 heterocycles. The minimum absolute atomic E-state index is 0.0125. The van der Waals surface area contributed by atoms with Gasteiger partial charge in [0.1, 0.15) is 10.7 Å². The smallest absolute Gasteiger partial charge is 0.271 e. The molecule has 0 fully saturated rings. The molecular formula is C16H18N6OS. The summed E-state index contributed by atoms with van der Waals surface area (Å²) >= 11 is 1.45. The summed E-state index contributed by atoms with van der Waals surface area (Å²) in [6.45, 7) is 0. The standard InChI is InChI=1S/C16H18N6OS/c1-21-8-10(6-17-21)16-20-13(9-24-16)15(23)19-12-4-3-5-14-11(12)7-18-22(14)2/h6-9,12H,3-5H2,1-2H3,(H,19,23). The Hall–Kier alpha value is -2.48. The van der Waals surface area contributed by atoms with E-state index in [1.807, 2.05) is 31.2 Å².